The second-order valence-corrected chi connectivity index (χ2v) is 20.3. The summed E-state index contributed by atoms with van der Waals surface area (Å²) in [5.41, 5.74) is -5.67. The van der Waals surface area contributed by atoms with Gasteiger partial charge in [-0.05, 0) is 75.9 Å². The summed E-state index contributed by atoms with van der Waals surface area (Å²) >= 11 is 0. The van der Waals surface area contributed by atoms with Crippen LogP contribution in [0.3, 0.4) is 0 Å². The van der Waals surface area contributed by atoms with E-state index in [-0.39, 0.29) is 24.3 Å². The Hall–Kier alpha value is -4.56. The molecule has 17 nitrogen and oxygen atoms in total. The maximum absolute atomic E-state index is 14.5. The van der Waals surface area contributed by atoms with E-state index >= 15 is 0 Å². The lowest BCUT2D eigenvalue weighted by atomic mass is 9.45. The number of aliphatic hydroxyl groups is 2. The number of alkyl carbamates (subject to hydrolysis) is 1. The summed E-state index contributed by atoms with van der Waals surface area (Å²) in [5, 5.41) is 28.2. The average molecular weight is 924 g/mol. The Morgan fingerprint density at radius 3 is 2.36 bits per heavy atom. The van der Waals surface area contributed by atoms with Crippen LogP contribution < -0.4 is 5.32 Å². The Balaban J connectivity index is 1.26. The molecule has 1 aromatic heterocycles. The zero-order valence-corrected chi connectivity index (χ0v) is 38.7. The number of esters is 3. The molecule has 3 saturated heterocycles. The van der Waals surface area contributed by atoms with Crippen molar-refractivity contribution in [1.29, 1.82) is 0 Å². The quantitative estimate of drug-likeness (QED) is 0.172. The molecule has 18 heteroatoms. The van der Waals surface area contributed by atoms with Gasteiger partial charge in [0.2, 0.25) is 0 Å². The van der Waals surface area contributed by atoms with Crippen molar-refractivity contribution in [2.75, 3.05) is 39.5 Å². The number of rotatable bonds is 10. The van der Waals surface area contributed by atoms with Crippen molar-refractivity contribution >= 4 is 24.0 Å². The summed E-state index contributed by atoms with van der Waals surface area (Å²) in [7, 11) is 0. The zero-order chi connectivity index (χ0) is 47.6. The molecular formula is C48H62FN3O14. The second kappa shape index (κ2) is 17.8. The highest BCUT2D eigenvalue weighted by Gasteiger charge is 2.77. The normalized spacial score (nSPS) is 34.7. The summed E-state index contributed by atoms with van der Waals surface area (Å²) < 4.78 is 64.6. The van der Waals surface area contributed by atoms with Gasteiger partial charge in [-0.3, -0.25) is 14.7 Å². The highest BCUT2D eigenvalue weighted by molar-refractivity contribution is 5.89. The average Bonchev–Trinajstić information content (AvgIpc) is 3.66. The number of aliphatic hydroxyl groups excluding tert-OH is 1. The monoisotopic (exact) mass is 923 g/mol. The van der Waals surface area contributed by atoms with Crippen LogP contribution >= 0.6 is 0 Å². The van der Waals surface area contributed by atoms with Gasteiger partial charge in [0.1, 0.15) is 47.5 Å². The van der Waals surface area contributed by atoms with Crippen LogP contribution in [0.25, 0.3) is 0 Å². The van der Waals surface area contributed by atoms with E-state index in [1.807, 2.05) is 20.8 Å². The maximum Gasteiger partial charge on any atom is 0.408 e. The molecular weight excluding hydrogens is 862 g/mol. The first-order valence-corrected chi connectivity index (χ1v) is 22.7. The molecule has 2 saturated carbocycles. The fourth-order valence-corrected chi connectivity index (χ4v) is 11.4. The molecule has 3 aliphatic carbocycles. The number of halogens is 1. The number of pyridine rings is 1. The molecule has 2 aromatic rings. The van der Waals surface area contributed by atoms with E-state index in [2.05, 4.69) is 15.2 Å². The van der Waals surface area contributed by atoms with Gasteiger partial charge in [0.25, 0.3) is 0 Å². The molecule has 1 amide bonds. The third-order valence-electron chi connectivity index (χ3n) is 14.6. The van der Waals surface area contributed by atoms with Crippen molar-refractivity contribution in [3.8, 4) is 0 Å². The lowest BCUT2D eigenvalue weighted by Crippen LogP contribution is -2.79. The Morgan fingerprint density at radius 1 is 1.03 bits per heavy atom. The SMILES string of the molecule is CC(=O)O[C@@]12CO[C@@H]1CC[C@@]1(C)[C@@H]3O[C@H](CN4CCOCC4)O[C@@H]3C3=C(C)[C@@H](OC(=O)[C@H](O)[C@@H](NC(=O)OC(C)(C)C)c4ccc(F)cn4)C[C@@](O)([C@@H](OC(=O)c4ccccc4)[C@@H]12)C3(C)C. The second-order valence-electron chi connectivity index (χ2n) is 20.3. The van der Waals surface area contributed by atoms with E-state index in [0.29, 0.717) is 56.8 Å². The van der Waals surface area contributed by atoms with Crippen molar-refractivity contribution in [3.63, 3.8) is 0 Å². The first-order chi connectivity index (χ1) is 31.1. The minimum Gasteiger partial charge on any atom is -0.456 e. The van der Waals surface area contributed by atoms with Crippen molar-refractivity contribution in [3.05, 3.63) is 76.9 Å². The first kappa shape index (κ1) is 47.9. The fourth-order valence-electron chi connectivity index (χ4n) is 11.4. The van der Waals surface area contributed by atoms with Gasteiger partial charge in [-0.2, -0.15) is 0 Å². The molecule has 360 valence electrons. The molecule has 1 aromatic carbocycles. The van der Waals surface area contributed by atoms with Crippen LogP contribution in [0.2, 0.25) is 0 Å². The summed E-state index contributed by atoms with van der Waals surface area (Å²) in [5.74, 6) is -4.24. The number of hydrogen-bond acceptors (Lipinski definition) is 16. The lowest BCUT2D eigenvalue weighted by molar-refractivity contribution is -0.345. The molecule has 0 spiro atoms. The number of ether oxygens (including phenoxy) is 8. The Bertz CT molecular complexity index is 2200. The minimum atomic E-state index is -2.13. The van der Waals surface area contributed by atoms with Crippen LogP contribution in [0.5, 0.6) is 0 Å². The molecule has 0 radical (unpaired) electrons. The molecule has 3 aliphatic heterocycles. The summed E-state index contributed by atoms with van der Waals surface area (Å²) in [6.07, 6.45) is -7.57. The summed E-state index contributed by atoms with van der Waals surface area (Å²) in [6, 6.07) is 9.02. The van der Waals surface area contributed by atoms with Crippen molar-refractivity contribution < 1.29 is 71.7 Å². The van der Waals surface area contributed by atoms with E-state index in [0.717, 1.165) is 12.3 Å². The zero-order valence-electron chi connectivity index (χ0n) is 38.7. The standard InChI is InChI=1S/C48H62FN3O14/c1-26-31(61-42(56)36(54)35(30-15-14-29(49)23-50-30)51-43(57)66-44(3,4)5)22-48(58)40(64-41(55)28-12-10-9-11-13-28)38-46(8,17-16-32-47(38,25-60-32)65-27(2)53)39-37(34(26)45(48,6)7)62-33(63-39)24-52-18-20-59-21-19-52/h9-15,23,31-33,35-40,54,58H,16-22,24-25H2,1-8H3,(H,51,57)/t31-,32+,33+,35-,36+,37+,38-,39+,40-,46+,47-,48+/m0/s1. The molecule has 5 fully saturated rings. The highest BCUT2D eigenvalue weighted by Crippen LogP contribution is 2.66. The molecule has 3 N–H and O–H groups in total. The third kappa shape index (κ3) is 8.62. The topological polar surface area (TPSA) is 211 Å². The Morgan fingerprint density at radius 2 is 1.74 bits per heavy atom. The minimum absolute atomic E-state index is 0.0569. The molecule has 12 atom stereocenters. The van der Waals surface area contributed by atoms with Gasteiger partial charge < -0.3 is 53.4 Å². The van der Waals surface area contributed by atoms with Gasteiger partial charge in [-0.25, -0.2) is 18.8 Å². The van der Waals surface area contributed by atoms with Crippen LogP contribution in [0.1, 0.15) is 96.7 Å². The van der Waals surface area contributed by atoms with Crippen LogP contribution in [0.4, 0.5) is 9.18 Å². The molecule has 8 rings (SSSR count). The van der Waals surface area contributed by atoms with Crippen molar-refractivity contribution in [2.45, 2.75) is 140 Å². The van der Waals surface area contributed by atoms with E-state index in [1.165, 1.54) is 13.0 Å². The molecule has 4 heterocycles. The van der Waals surface area contributed by atoms with Gasteiger partial charge in [0.05, 0.1) is 49.3 Å². The molecule has 2 bridgehead atoms. The number of amides is 1. The van der Waals surface area contributed by atoms with Crippen LogP contribution in [-0.4, -0.2) is 143 Å². The van der Waals surface area contributed by atoms with E-state index in [9.17, 15) is 33.8 Å². The number of hydrogen-bond donors (Lipinski definition) is 3. The smallest absolute Gasteiger partial charge is 0.408 e. The number of carbonyl (C=O) groups excluding carboxylic acids is 4. The Labute approximate surface area is 383 Å². The van der Waals surface area contributed by atoms with E-state index < -0.39 is 112 Å². The fraction of sp³-hybridized carbons (Fsp3) is 0.646. The molecule has 0 unspecified atom stereocenters. The van der Waals surface area contributed by atoms with Crippen molar-refractivity contribution in [1.82, 2.24) is 15.2 Å². The number of nitrogens with zero attached hydrogens (tertiary/aromatic N) is 2. The van der Waals surface area contributed by atoms with Crippen molar-refractivity contribution in [2.24, 2.45) is 16.7 Å². The summed E-state index contributed by atoms with van der Waals surface area (Å²) in [4.78, 5) is 61.5. The highest BCUT2D eigenvalue weighted by atomic mass is 19.1. The van der Waals surface area contributed by atoms with Crippen LogP contribution in [0.15, 0.2) is 59.8 Å². The van der Waals surface area contributed by atoms with Gasteiger partial charge >= 0.3 is 24.0 Å². The summed E-state index contributed by atoms with van der Waals surface area (Å²) in [6.45, 7) is 16.3. The van der Waals surface area contributed by atoms with Gasteiger partial charge in [0, 0.05) is 43.8 Å². The van der Waals surface area contributed by atoms with Gasteiger partial charge in [-0.1, -0.05) is 39.0 Å². The maximum atomic E-state index is 14.5. The van der Waals surface area contributed by atoms with Gasteiger partial charge in [0.15, 0.2) is 18.0 Å². The Kier molecular flexibility index (Phi) is 12.9. The third-order valence-corrected chi connectivity index (χ3v) is 14.6. The first-order valence-electron chi connectivity index (χ1n) is 22.7. The van der Waals surface area contributed by atoms with E-state index in [4.69, 9.17) is 37.9 Å². The van der Waals surface area contributed by atoms with Crippen LogP contribution in [-0.2, 0) is 47.5 Å². The lowest BCUT2D eigenvalue weighted by Gasteiger charge is -2.68. The van der Waals surface area contributed by atoms with E-state index in [1.54, 1.807) is 58.0 Å². The molecule has 6 aliphatic rings. The number of morpholine rings is 1. The number of aromatic nitrogens is 1. The number of carbonyl (C=O) groups is 4. The number of nitrogens with one attached hydrogen (secondary N) is 1. The van der Waals surface area contributed by atoms with Gasteiger partial charge in [-0.15, -0.1) is 0 Å². The molecule has 66 heavy (non-hydrogen) atoms. The number of fused-ring (bicyclic) bond motifs is 8. The van der Waals surface area contributed by atoms with Crippen LogP contribution in [0, 0.1) is 22.6 Å². The number of benzene rings is 1. The predicted molar refractivity (Wildman–Crippen MR) is 230 cm³/mol. The predicted octanol–water partition coefficient (Wildman–Crippen LogP) is 4.34. The largest absolute Gasteiger partial charge is 0.456 e.